The molecule has 0 unspecified atom stereocenters. The molecule has 1 saturated heterocycles. The van der Waals surface area contributed by atoms with Crippen molar-refractivity contribution in [2.45, 2.75) is 12.8 Å². The Morgan fingerprint density at radius 3 is 2.43 bits per heavy atom. The number of nitrogens with zero attached hydrogens (tertiary/aromatic N) is 4. The van der Waals surface area contributed by atoms with E-state index in [4.69, 9.17) is 20.5 Å². The number of benzene rings is 1. The number of methoxy groups -OCH3 is 2. The van der Waals surface area contributed by atoms with Crippen molar-refractivity contribution in [2.75, 3.05) is 37.9 Å². The maximum Gasteiger partial charge on any atom is 0.227 e. The molecular formula is C16H19N5O2. The van der Waals surface area contributed by atoms with E-state index in [2.05, 4.69) is 20.9 Å². The van der Waals surface area contributed by atoms with Crippen LogP contribution in [0.5, 0.6) is 11.5 Å². The van der Waals surface area contributed by atoms with E-state index >= 15 is 0 Å². The number of rotatable bonds is 3. The van der Waals surface area contributed by atoms with Crippen LogP contribution in [0.2, 0.25) is 0 Å². The number of hydrogen-bond acceptors (Lipinski definition) is 7. The van der Waals surface area contributed by atoms with E-state index in [9.17, 15) is 0 Å². The zero-order valence-electron chi connectivity index (χ0n) is 13.2. The standard InChI is InChI=1S/C16H19N5O2/c1-22-13-7-11-12(8-14(13)23-2)19-16(20-15(11)18)21-5-3-10(9-17)4-6-21/h7-8,10H,3-6H2,1-2H3,(H2,18,19,20). The quantitative estimate of drug-likeness (QED) is 0.925. The minimum absolute atomic E-state index is 0.119. The van der Waals surface area contributed by atoms with Crippen molar-refractivity contribution in [1.82, 2.24) is 9.97 Å². The van der Waals surface area contributed by atoms with Crippen molar-refractivity contribution in [3.63, 3.8) is 0 Å². The number of aromatic nitrogens is 2. The summed E-state index contributed by atoms with van der Waals surface area (Å²) in [5.74, 6) is 2.32. The fourth-order valence-electron chi connectivity index (χ4n) is 2.82. The van der Waals surface area contributed by atoms with Crippen LogP contribution in [0.1, 0.15) is 12.8 Å². The Balaban J connectivity index is 1.99. The van der Waals surface area contributed by atoms with E-state index in [0.717, 1.165) is 31.3 Å². The van der Waals surface area contributed by atoms with Crippen LogP contribution in [0.3, 0.4) is 0 Å². The molecule has 3 rings (SSSR count). The molecule has 0 radical (unpaired) electrons. The molecule has 0 saturated carbocycles. The number of ether oxygens (including phenoxy) is 2. The zero-order chi connectivity index (χ0) is 16.4. The van der Waals surface area contributed by atoms with Crippen molar-refractivity contribution in [3.05, 3.63) is 12.1 Å². The number of anilines is 2. The van der Waals surface area contributed by atoms with Gasteiger partial charge in [-0.05, 0) is 18.9 Å². The molecule has 0 amide bonds. The number of nitrogen functional groups attached to an aromatic ring is 1. The van der Waals surface area contributed by atoms with Crippen LogP contribution in [0.4, 0.5) is 11.8 Å². The largest absolute Gasteiger partial charge is 0.493 e. The fourth-order valence-corrected chi connectivity index (χ4v) is 2.82. The Morgan fingerprint density at radius 1 is 1.17 bits per heavy atom. The fraction of sp³-hybridized carbons (Fsp3) is 0.438. The van der Waals surface area contributed by atoms with Gasteiger partial charge in [0, 0.05) is 30.5 Å². The van der Waals surface area contributed by atoms with Crippen LogP contribution in [-0.2, 0) is 0 Å². The van der Waals surface area contributed by atoms with E-state index in [-0.39, 0.29) is 5.92 Å². The van der Waals surface area contributed by atoms with E-state index in [1.54, 1.807) is 26.4 Å². The minimum Gasteiger partial charge on any atom is -0.493 e. The van der Waals surface area contributed by atoms with Gasteiger partial charge in [0.05, 0.1) is 25.8 Å². The highest BCUT2D eigenvalue weighted by atomic mass is 16.5. The van der Waals surface area contributed by atoms with Crippen LogP contribution in [0.25, 0.3) is 10.9 Å². The summed E-state index contributed by atoms with van der Waals surface area (Å²) in [7, 11) is 3.16. The van der Waals surface area contributed by atoms with Crippen LogP contribution >= 0.6 is 0 Å². The Labute approximate surface area is 134 Å². The summed E-state index contributed by atoms with van der Waals surface area (Å²) in [6, 6.07) is 5.91. The summed E-state index contributed by atoms with van der Waals surface area (Å²) in [5, 5.41) is 9.73. The molecule has 2 N–H and O–H groups in total. The molecule has 120 valence electrons. The second kappa shape index (κ2) is 6.16. The van der Waals surface area contributed by atoms with Gasteiger partial charge in [-0.25, -0.2) is 4.98 Å². The lowest BCUT2D eigenvalue weighted by molar-refractivity contribution is 0.356. The van der Waals surface area contributed by atoms with Crippen molar-refractivity contribution in [1.29, 1.82) is 5.26 Å². The molecule has 1 aliphatic rings. The predicted octanol–water partition coefficient (Wildman–Crippen LogP) is 1.97. The monoisotopic (exact) mass is 313 g/mol. The van der Waals surface area contributed by atoms with Gasteiger partial charge in [0.2, 0.25) is 5.95 Å². The molecule has 1 aliphatic heterocycles. The summed E-state index contributed by atoms with van der Waals surface area (Å²) < 4.78 is 10.6. The summed E-state index contributed by atoms with van der Waals surface area (Å²) in [6.45, 7) is 1.52. The minimum atomic E-state index is 0.119. The SMILES string of the molecule is COc1cc2nc(N3CCC(C#N)CC3)nc(N)c2cc1OC. The van der Waals surface area contributed by atoms with Gasteiger partial charge >= 0.3 is 0 Å². The molecule has 0 atom stereocenters. The van der Waals surface area contributed by atoms with Crippen LogP contribution in [0.15, 0.2) is 12.1 Å². The first-order valence-electron chi connectivity index (χ1n) is 7.50. The molecule has 1 aromatic carbocycles. The average Bonchev–Trinajstić information content (AvgIpc) is 2.60. The van der Waals surface area contributed by atoms with Crippen LogP contribution in [-0.4, -0.2) is 37.3 Å². The molecule has 0 bridgehead atoms. The highest BCUT2D eigenvalue weighted by Crippen LogP contribution is 2.34. The Morgan fingerprint density at radius 2 is 1.83 bits per heavy atom. The van der Waals surface area contributed by atoms with Crippen molar-refractivity contribution < 1.29 is 9.47 Å². The van der Waals surface area contributed by atoms with Crippen molar-refractivity contribution in [3.8, 4) is 17.6 Å². The third-order valence-electron chi connectivity index (χ3n) is 4.18. The first-order chi connectivity index (χ1) is 11.2. The predicted molar refractivity (Wildman–Crippen MR) is 87.6 cm³/mol. The highest BCUT2D eigenvalue weighted by molar-refractivity contribution is 5.91. The van der Waals surface area contributed by atoms with Gasteiger partial charge in [-0.3, -0.25) is 0 Å². The first kappa shape index (κ1) is 15.2. The number of nitrogens with two attached hydrogens (primary N) is 1. The second-order valence-corrected chi connectivity index (χ2v) is 5.52. The zero-order valence-corrected chi connectivity index (χ0v) is 13.2. The van der Waals surface area contributed by atoms with Gasteiger partial charge in [0.25, 0.3) is 0 Å². The lowest BCUT2D eigenvalue weighted by atomic mass is 9.99. The van der Waals surface area contributed by atoms with Gasteiger partial charge in [0.1, 0.15) is 5.82 Å². The van der Waals surface area contributed by atoms with Crippen LogP contribution in [0, 0.1) is 17.2 Å². The number of nitriles is 1. The van der Waals surface area contributed by atoms with E-state index in [0.29, 0.717) is 28.8 Å². The van der Waals surface area contributed by atoms with Crippen molar-refractivity contribution >= 4 is 22.7 Å². The average molecular weight is 313 g/mol. The summed E-state index contributed by atoms with van der Waals surface area (Å²) in [4.78, 5) is 11.1. The Hall–Kier alpha value is -2.75. The number of hydrogen-bond donors (Lipinski definition) is 1. The Kier molecular flexibility index (Phi) is 4.06. The lowest BCUT2D eigenvalue weighted by Crippen LogP contribution is -2.34. The Bertz CT molecular complexity index is 763. The van der Waals surface area contributed by atoms with E-state index in [1.807, 2.05) is 0 Å². The third kappa shape index (κ3) is 2.80. The molecule has 7 heteroatoms. The van der Waals surface area contributed by atoms with Gasteiger partial charge < -0.3 is 20.1 Å². The second-order valence-electron chi connectivity index (χ2n) is 5.52. The summed E-state index contributed by atoms with van der Waals surface area (Å²) in [5.41, 5.74) is 6.82. The molecule has 2 heterocycles. The van der Waals surface area contributed by atoms with Gasteiger partial charge in [-0.2, -0.15) is 10.2 Å². The normalized spacial score (nSPS) is 15.4. The van der Waals surface area contributed by atoms with E-state index in [1.165, 1.54) is 0 Å². The maximum atomic E-state index is 8.99. The first-order valence-corrected chi connectivity index (χ1v) is 7.50. The number of piperidine rings is 1. The molecule has 7 nitrogen and oxygen atoms in total. The molecule has 1 aromatic heterocycles. The topological polar surface area (TPSA) is 97.3 Å². The molecule has 1 fully saturated rings. The van der Waals surface area contributed by atoms with Crippen LogP contribution < -0.4 is 20.1 Å². The highest BCUT2D eigenvalue weighted by Gasteiger charge is 2.22. The maximum absolute atomic E-state index is 8.99. The van der Waals surface area contributed by atoms with Gasteiger partial charge in [0.15, 0.2) is 11.5 Å². The van der Waals surface area contributed by atoms with E-state index < -0.39 is 0 Å². The molecule has 0 spiro atoms. The lowest BCUT2D eigenvalue weighted by Gasteiger charge is -2.29. The third-order valence-corrected chi connectivity index (χ3v) is 4.18. The summed E-state index contributed by atoms with van der Waals surface area (Å²) >= 11 is 0. The molecule has 0 aliphatic carbocycles. The molecular weight excluding hydrogens is 294 g/mol. The molecule has 2 aromatic rings. The number of fused-ring (bicyclic) bond motifs is 1. The molecule has 23 heavy (non-hydrogen) atoms. The smallest absolute Gasteiger partial charge is 0.227 e. The summed E-state index contributed by atoms with van der Waals surface area (Å²) in [6.07, 6.45) is 1.65. The van der Waals surface area contributed by atoms with Gasteiger partial charge in [-0.15, -0.1) is 0 Å². The van der Waals surface area contributed by atoms with Crippen molar-refractivity contribution in [2.24, 2.45) is 5.92 Å². The van der Waals surface area contributed by atoms with Gasteiger partial charge in [-0.1, -0.05) is 0 Å².